The monoisotopic (exact) mass is 304 g/mol. The fraction of sp³-hybridized carbons (Fsp3) is 0.250. The molecule has 2 aromatic rings. The number of methoxy groups -OCH3 is 4. The van der Waals surface area contributed by atoms with Crippen molar-refractivity contribution in [3.05, 3.63) is 24.3 Å². The van der Waals surface area contributed by atoms with Crippen LogP contribution in [0.25, 0.3) is 11.1 Å². The number of anilines is 2. The molecule has 2 aromatic carbocycles. The van der Waals surface area contributed by atoms with Gasteiger partial charge in [-0.25, -0.2) is 0 Å². The summed E-state index contributed by atoms with van der Waals surface area (Å²) in [6, 6.07) is 7.17. The first-order valence-electron chi connectivity index (χ1n) is 6.60. The van der Waals surface area contributed by atoms with E-state index in [-0.39, 0.29) is 0 Å². The summed E-state index contributed by atoms with van der Waals surface area (Å²) in [5.74, 6) is 1.98. The molecule has 0 aliphatic carbocycles. The molecule has 0 heterocycles. The maximum Gasteiger partial charge on any atom is 0.184 e. The van der Waals surface area contributed by atoms with Crippen molar-refractivity contribution in [2.75, 3.05) is 39.9 Å². The Bertz CT molecular complexity index is 627. The standard InChI is InChI=1S/C16H20N2O4/c1-19-13-9(5-7-11(17)15(13)21-3)10-6-8-12(18)16(22-4)14(10)20-2/h5-8H,17-18H2,1-4H3. The van der Waals surface area contributed by atoms with Crippen LogP contribution in [0.5, 0.6) is 23.0 Å². The molecule has 0 radical (unpaired) electrons. The summed E-state index contributed by atoms with van der Waals surface area (Å²) in [7, 11) is 6.20. The van der Waals surface area contributed by atoms with Crippen LogP contribution in [0.15, 0.2) is 24.3 Å². The van der Waals surface area contributed by atoms with Gasteiger partial charge in [-0.15, -0.1) is 0 Å². The highest BCUT2D eigenvalue weighted by Gasteiger charge is 2.21. The molecule has 0 unspecified atom stereocenters. The lowest BCUT2D eigenvalue weighted by Crippen LogP contribution is -2.01. The van der Waals surface area contributed by atoms with Crippen molar-refractivity contribution in [1.29, 1.82) is 0 Å². The second kappa shape index (κ2) is 6.34. The van der Waals surface area contributed by atoms with Crippen molar-refractivity contribution >= 4 is 11.4 Å². The molecule has 0 fully saturated rings. The molecule has 2 rings (SSSR count). The first-order valence-corrected chi connectivity index (χ1v) is 6.60. The minimum absolute atomic E-state index is 0.470. The minimum Gasteiger partial charge on any atom is -0.492 e. The Labute approximate surface area is 129 Å². The largest absolute Gasteiger partial charge is 0.492 e. The van der Waals surface area contributed by atoms with E-state index in [1.54, 1.807) is 40.6 Å². The van der Waals surface area contributed by atoms with Crippen LogP contribution in [0.2, 0.25) is 0 Å². The normalized spacial score (nSPS) is 10.2. The van der Waals surface area contributed by atoms with Gasteiger partial charge in [0.05, 0.1) is 39.8 Å². The second-order valence-corrected chi connectivity index (χ2v) is 4.54. The molecule has 6 nitrogen and oxygen atoms in total. The molecular weight excluding hydrogens is 284 g/mol. The average molecular weight is 304 g/mol. The summed E-state index contributed by atoms with van der Waals surface area (Å²) in [5.41, 5.74) is 14.4. The van der Waals surface area contributed by atoms with E-state index in [1.165, 1.54) is 0 Å². The van der Waals surface area contributed by atoms with Crippen molar-refractivity contribution in [1.82, 2.24) is 0 Å². The van der Waals surface area contributed by atoms with Crippen molar-refractivity contribution in [2.24, 2.45) is 0 Å². The predicted molar refractivity (Wildman–Crippen MR) is 86.9 cm³/mol. The van der Waals surface area contributed by atoms with Crippen LogP contribution in [0.4, 0.5) is 11.4 Å². The van der Waals surface area contributed by atoms with Crippen LogP contribution in [-0.2, 0) is 0 Å². The molecule has 0 aromatic heterocycles. The third-order valence-corrected chi connectivity index (χ3v) is 3.39. The molecular formula is C16H20N2O4. The summed E-state index contributed by atoms with van der Waals surface area (Å²) in [6.07, 6.45) is 0. The maximum atomic E-state index is 5.92. The SMILES string of the molecule is COc1c(N)ccc(-c2ccc(N)c(OC)c2OC)c1OC. The summed E-state index contributed by atoms with van der Waals surface area (Å²) in [5, 5.41) is 0. The van der Waals surface area contributed by atoms with Crippen LogP contribution >= 0.6 is 0 Å². The molecule has 0 aliphatic heterocycles. The molecule has 22 heavy (non-hydrogen) atoms. The summed E-state index contributed by atoms with van der Waals surface area (Å²) in [6.45, 7) is 0. The third-order valence-electron chi connectivity index (χ3n) is 3.39. The van der Waals surface area contributed by atoms with Crippen LogP contribution < -0.4 is 30.4 Å². The van der Waals surface area contributed by atoms with Crippen molar-refractivity contribution < 1.29 is 18.9 Å². The highest BCUT2D eigenvalue weighted by molar-refractivity contribution is 5.85. The first-order chi connectivity index (χ1) is 10.6. The number of hydrogen-bond donors (Lipinski definition) is 2. The fourth-order valence-corrected chi connectivity index (χ4v) is 2.41. The zero-order chi connectivity index (χ0) is 16.3. The van der Waals surface area contributed by atoms with E-state index in [0.29, 0.717) is 34.4 Å². The number of nitrogens with two attached hydrogens (primary N) is 2. The van der Waals surface area contributed by atoms with Gasteiger partial charge < -0.3 is 30.4 Å². The Kier molecular flexibility index (Phi) is 4.50. The van der Waals surface area contributed by atoms with E-state index >= 15 is 0 Å². The summed E-state index contributed by atoms with van der Waals surface area (Å²) in [4.78, 5) is 0. The second-order valence-electron chi connectivity index (χ2n) is 4.54. The lowest BCUT2D eigenvalue weighted by Gasteiger charge is -2.18. The van der Waals surface area contributed by atoms with Gasteiger partial charge in [-0.3, -0.25) is 0 Å². The van der Waals surface area contributed by atoms with E-state index < -0.39 is 0 Å². The van der Waals surface area contributed by atoms with Crippen LogP contribution in [0.1, 0.15) is 0 Å². The van der Waals surface area contributed by atoms with Crippen molar-refractivity contribution in [2.45, 2.75) is 0 Å². The molecule has 0 saturated heterocycles. The zero-order valence-corrected chi connectivity index (χ0v) is 13.1. The predicted octanol–water partition coefficient (Wildman–Crippen LogP) is 2.55. The van der Waals surface area contributed by atoms with Gasteiger partial charge in [-0.05, 0) is 24.3 Å². The molecule has 0 atom stereocenters. The lowest BCUT2D eigenvalue weighted by molar-refractivity contribution is 0.353. The summed E-state index contributed by atoms with van der Waals surface area (Å²) < 4.78 is 21.6. The van der Waals surface area contributed by atoms with Crippen LogP contribution in [0.3, 0.4) is 0 Å². The molecule has 0 aliphatic rings. The number of hydrogen-bond acceptors (Lipinski definition) is 6. The average Bonchev–Trinajstić information content (AvgIpc) is 2.54. The van der Waals surface area contributed by atoms with Gasteiger partial charge in [0.1, 0.15) is 0 Å². The van der Waals surface area contributed by atoms with Gasteiger partial charge in [-0.2, -0.15) is 0 Å². The van der Waals surface area contributed by atoms with Crippen LogP contribution in [0, 0.1) is 0 Å². The Morgan fingerprint density at radius 3 is 1.14 bits per heavy atom. The van der Waals surface area contributed by atoms with Gasteiger partial charge in [-0.1, -0.05) is 0 Å². The number of nitrogen functional groups attached to an aromatic ring is 2. The zero-order valence-electron chi connectivity index (χ0n) is 13.1. The molecule has 0 spiro atoms. The Morgan fingerprint density at radius 1 is 0.545 bits per heavy atom. The van der Waals surface area contributed by atoms with Crippen molar-refractivity contribution in [3.63, 3.8) is 0 Å². The van der Waals surface area contributed by atoms with Gasteiger partial charge in [0.25, 0.3) is 0 Å². The van der Waals surface area contributed by atoms with E-state index in [9.17, 15) is 0 Å². The van der Waals surface area contributed by atoms with Gasteiger partial charge in [0.2, 0.25) is 0 Å². The van der Waals surface area contributed by atoms with Crippen molar-refractivity contribution in [3.8, 4) is 34.1 Å². The third kappa shape index (κ3) is 2.43. The Hall–Kier alpha value is -2.76. The van der Waals surface area contributed by atoms with E-state index in [1.807, 2.05) is 12.1 Å². The summed E-state index contributed by atoms with van der Waals surface area (Å²) >= 11 is 0. The van der Waals surface area contributed by atoms with E-state index in [4.69, 9.17) is 30.4 Å². The van der Waals surface area contributed by atoms with Crippen LogP contribution in [-0.4, -0.2) is 28.4 Å². The topological polar surface area (TPSA) is 89.0 Å². The lowest BCUT2D eigenvalue weighted by atomic mass is 10.0. The molecule has 0 amide bonds. The maximum absolute atomic E-state index is 5.92. The van der Waals surface area contributed by atoms with E-state index in [2.05, 4.69) is 0 Å². The molecule has 4 N–H and O–H groups in total. The van der Waals surface area contributed by atoms with E-state index in [0.717, 1.165) is 11.1 Å². The fourth-order valence-electron chi connectivity index (χ4n) is 2.41. The smallest absolute Gasteiger partial charge is 0.184 e. The molecule has 0 saturated carbocycles. The molecule has 0 bridgehead atoms. The highest BCUT2D eigenvalue weighted by atomic mass is 16.5. The quantitative estimate of drug-likeness (QED) is 0.825. The number of benzene rings is 2. The minimum atomic E-state index is 0.470. The number of ether oxygens (including phenoxy) is 4. The van der Waals surface area contributed by atoms with Gasteiger partial charge in [0, 0.05) is 11.1 Å². The Balaban J connectivity index is 2.77. The molecule has 6 heteroatoms. The van der Waals surface area contributed by atoms with Gasteiger partial charge >= 0.3 is 0 Å². The molecule has 118 valence electrons. The highest BCUT2D eigenvalue weighted by Crippen LogP contribution is 2.48. The number of rotatable bonds is 5. The first kappa shape index (κ1) is 15.6. The van der Waals surface area contributed by atoms with Gasteiger partial charge in [0.15, 0.2) is 23.0 Å². The Morgan fingerprint density at radius 2 is 0.864 bits per heavy atom.